The smallest absolute Gasteiger partial charge is 0.265 e. The van der Waals surface area contributed by atoms with Crippen molar-refractivity contribution < 1.29 is 18.3 Å². The van der Waals surface area contributed by atoms with Gasteiger partial charge >= 0.3 is 0 Å². The highest BCUT2D eigenvalue weighted by Gasteiger charge is 2.18. The first-order chi connectivity index (χ1) is 6.46. The van der Waals surface area contributed by atoms with Crippen molar-refractivity contribution in [3.8, 4) is 11.5 Å². The van der Waals surface area contributed by atoms with Crippen molar-refractivity contribution in [1.82, 2.24) is 0 Å². The molecule has 0 aliphatic rings. The number of phenolic OH excluding ortho intramolecular Hbond substituents is 1. The highest BCUT2D eigenvalue weighted by Crippen LogP contribution is 2.34. The first-order valence-electron chi connectivity index (χ1n) is 3.86. The Morgan fingerprint density at radius 2 is 2.14 bits per heavy atom. The highest BCUT2D eigenvalue weighted by molar-refractivity contribution is 8.13. The van der Waals surface area contributed by atoms with Crippen LogP contribution >= 0.6 is 10.7 Å². The zero-order chi connectivity index (χ0) is 10.8. The molecule has 0 spiro atoms. The number of aromatic hydroxyl groups is 1. The molecule has 1 aromatic rings. The SMILES string of the molecule is CCOc1cccc(S(=O)(=O)Cl)c1O. The van der Waals surface area contributed by atoms with Crippen LogP contribution in [0.5, 0.6) is 11.5 Å². The van der Waals surface area contributed by atoms with Crippen molar-refractivity contribution in [3.63, 3.8) is 0 Å². The van der Waals surface area contributed by atoms with Crippen LogP contribution < -0.4 is 4.74 Å². The number of phenols is 1. The minimum atomic E-state index is -3.93. The second kappa shape index (κ2) is 4.06. The number of ether oxygens (including phenoxy) is 1. The van der Waals surface area contributed by atoms with Gasteiger partial charge in [0.15, 0.2) is 11.5 Å². The molecule has 0 aromatic heterocycles. The standard InChI is InChI=1S/C8H9ClO4S/c1-2-13-6-4-3-5-7(8(6)10)14(9,11)12/h3-5,10H,2H2,1H3. The molecule has 1 aromatic carbocycles. The maximum Gasteiger partial charge on any atom is 0.265 e. The van der Waals surface area contributed by atoms with E-state index in [0.717, 1.165) is 0 Å². The fourth-order valence-corrected chi connectivity index (χ4v) is 1.92. The fraction of sp³-hybridized carbons (Fsp3) is 0.250. The van der Waals surface area contributed by atoms with Crippen LogP contribution in [0, 0.1) is 0 Å². The largest absolute Gasteiger partial charge is 0.503 e. The molecule has 14 heavy (non-hydrogen) atoms. The van der Waals surface area contributed by atoms with Crippen LogP contribution in [0.1, 0.15) is 6.92 Å². The van der Waals surface area contributed by atoms with Crippen molar-refractivity contribution in [2.45, 2.75) is 11.8 Å². The van der Waals surface area contributed by atoms with E-state index in [0.29, 0.717) is 6.61 Å². The van der Waals surface area contributed by atoms with Crippen LogP contribution in [0.25, 0.3) is 0 Å². The molecule has 78 valence electrons. The quantitative estimate of drug-likeness (QED) is 0.812. The summed E-state index contributed by atoms with van der Waals surface area (Å²) in [6.45, 7) is 2.06. The summed E-state index contributed by atoms with van der Waals surface area (Å²) in [5.74, 6) is -0.349. The lowest BCUT2D eigenvalue weighted by molar-refractivity contribution is 0.314. The first kappa shape index (κ1) is 11.1. The van der Waals surface area contributed by atoms with Gasteiger partial charge in [-0.2, -0.15) is 0 Å². The number of hydrogen-bond acceptors (Lipinski definition) is 4. The van der Waals surface area contributed by atoms with Gasteiger partial charge in [0.2, 0.25) is 0 Å². The highest BCUT2D eigenvalue weighted by atomic mass is 35.7. The first-order valence-corrected chi connectivity index (χ1v) is 6.17. The Hall–Kier alpha value is -0.940. The van der Waals surface area contributed by atoms with Crippen molar-refractivity contribution in [3.05, 3.63) is 18.2 Å². The molecule has 0 aliphatic carbocycles. The van der Waals surface area contributed by atoms with E-state index in [2.05, 4.69) is 0 Å². The van der Waals surface area contributed by atoms with Gasteiger partial charge in [-0.15, -0.1) is 0 Å². The predicted molar refractivity (Wildman–Crippen MR) is 52.3 cm³/mol. The summed E-state index contributed by atoms with van der Waals surface area (Å²) in [4.78, 5) is -0.342. The number of halogens is 1. The zero-order valence-electron chi connectivity index (χ0n) is 7.40. The molecule has 6 heteroatoms. The average Bonchev–Trinajstić information content (AvgIpc) is 2.07. The lowest BCUT2D eigenvalue weighted by Crippen LogP contribution is -1.96. The Labute approximate surface area is 86.5 Å². The van der Waals surface area contributed by atoms with E-state index in [9.17, 15) is 13.5 Å². The molecule has 0 atom stereocenters. The number of hydrogen-bond donors (Lipinski definition) is 1. The van der Waals surface area contributed by atoms with Gasteiger partial charge in [-0.05, 0) is 19.1 Å². The normalized spacial score (nSPS) is 11.3. The monoisotopic (exact) mass is 236 g/mol. The molecule has 0 aliphatic heterocycles. The zero-order valence-corrected chi connectivity index (χ0v) is 8.97. The van der Waals surface area contributed by atoms with E-state index in [1.165, 1.54) is 18.2 Å². The maximum absolute atomic E-state index is 11.0. The van der Waals surface area contributed by atoms with Gasteiger partial charge < -0.3 is 9.84 Å². The van der Waals surface area contributed by atoms with E-state index < -0.39 is 14.8 Å². The fourth-order valence-electron chi connectivity index (χ4n) is 0.971. The summed E-state index contributed by atoms with van der Waals surface area (Å²) in [5.41, 5.74) is 0. The lowest BCUT2D eigenvalue weighted by atomic mass is 10.3. The molecule has 0 fully saturated rings. The molecule has 0 saturated carbocycles. The number of para-hydroxylation sites is 1. The molecule has 1 N–H and O–H groups in total. The molecular weight excluding hydrogens is 228 g/mol. The van der Waals surface area contributed by atoms with E-state index in [-0.39, 0.29) is 10.6 Å². The summed E-state index contributed by atoms with van der Waals surface area (Å²) in [5, 5.41) is 9.47. The minimum absolute atomic E-state index is 0.106. The predicted octanol–water partition coefficient (Wildman–Crippen LogP) is 1.72. The van der Waals surface area contributed by atoms with Crippen LogP contribution in [0.3, 0.4) is 0 Å². The summed E-state index contributed by atoms with van der Waals surface area (Å²) in [6.07, 6.45) is 0. The molecule has 0 heterocycles. The van der Waals surface area contributed by atoms with Gasteiger partial charge in [-0.25, -0.2) is 8.42 Å². The molecule has 0 amide bonds. The van der Waals surface area contributed by atoms with Gasteiger partial charge in [0.1, 0.15) is 4.90 Å². The van der Waals surface area contributed by atoms with Crippen LogP contribution in [0.15, 0.2) is 23.1 Å². The lowest BCUT2D eigenvalue weighted by Gasteiger charge is -2.07. The summed E-state index contributed by atoms with van der Waals surface area (Å²) in [6, 6.07) is 4.12. The van der Waals surface area contributed by atoms with E-state index in [1.54, 1.807) is 6.92 Å². The minimum Gasteiger partial charge on any atom is -0.503 e. The van der Waals surface area contributed by atoms with Gasteiger partial charge in [0.25, 0.3) is 9.05 Å². The van der Waals surface area contributed by atoms with E-state index in [4.69, 9.17) is 15.4 Å². The molecule has 1 rings (SSSR count). The Morgan fingerprint density at radius 1 is 1.50 bits per heavy atom. The van der Waals surface area contributed by atoms with Crippen LogP contribution in [0.2, 0.25) is 0 Å². The Balaban J connectivity index is 3.28. The second-order valence-corrected chi connectivity index (χ2v) is 5.01. The third-order valence-corrected chi connectivity index (χ3v) is 2.88. The van der Waals surface area contributed by atoms with Crippen molar-refractivity contribution >= 4 is 19.7 Å². The van der Waals surface area contributed by atoms with Gasteiger partial charge in [-0.3, -0.25) is 0 Å². The topological polar surface area (TPSA) is 63.6 Å². The van der Waals surface area contributed by atoms with Crippen molar-refractivity contribution in [1.29, 1.82) is 0 Å². The Bertz CT molecular complexity index is 427. The number of benzene rings is 1. The number of rotatable bonds is 3. The van der Waals surface area contributed by atoms with E-state index in [1.807, 2.05) is 0 Å². The third-order valence-electron chi connectivity index (χ3n) is 1.52. The van der Waals surface area contributed by atoms with Crippen molar-refractivity contribution in [2.24, 2.45) is 0 Å². The Kier molecular flexibility index (Phi) is 3.23. The molecule has 0 radical (unpaired) electrons. The van der Waals surface area contributed by atoms with Gasteiger partial charge in [0.05, 0.1) is 6.61 Å². The second-order valence-electron chi connectivity index (χ2n) is 2.47. The Morgan fingerprint density at radius 3 is 2.64 bits per heavy atom. The van der Waals surface area contributed by atoms with Crippen LogP contribution in [-0.4, -0.2) is 20.1 Å². The average molecular weight is 237 g/mol. The van der Waals surface area contributed by atoms with Gasteiger partial charge in [-0.1, -0.05) is 6.07 Å². The third kappa shape index (κ3) is 2.30. The van der Waals surface area contributed by atoms with Gasteiger partial charge in [0, 0.05) is 10.7 Å². The molecule has 4 nitrogen and oxygen atoms in total. The van der Waals surface area contributed by atoms with E-state index >= 15 is 0 Å². The molecule has 0 saturated heterocycles. The van der Waals surface area contributed by atoms with Crippen LogP contribution in [0.4, 0.5) is 0 Å². The molecule has 0 unspecified atom stereocenters. The van der Waals surface area contributed by atoms with Crippen molar-refractivity contribution in [2.75, 3.05) is 6.61 Å². The summed E-state index contributed by atoms with van der Waals surface area (Å²) < 4.78 is 26.9. The molecular formula is C8H9ClO4S. The summed E-state index contributed by atoms with van der Waals surface area (Å²) in [7, 11) is 1.16. The summed E-state index contributed by atoms with van der Waals surface area (Å²) >= 11 is 0. The maximum atomic E-state index is 11.0. The van der Waals surface area contributed by atoms with Crippen LogP contribution in [-0.2, 0) is 9.05 Å². The molecule has 0 bridgehead atoms.